The van der Waals surface area contributed by atoms with Gasteiger partial charge in [0, 0.05) is 0 Å². The SMILES string of the molecule is CCC=C=CCC(=O)OC. The molecule has 0 bridgehead atoms. The summed E-state index contributed by atoms with van der Waals surface area (Å²) in [6.07, 6.45) is 4.78. The molecule has 0 saturated carbocycles. The lowest BCUT2D eigenvalue weighted by molar-refractivity contribution is -0.139. The topological polar surface area (TPSA) is 26.3 Å². The van der Waals surface area contributed by atoms with Crippen molar-refractivity contribution in [1.82, 2.24) is 0 Å². The molecule has 2 heteroatoms. The summed E-state index contributed by atoms with van der Waals surface area (Å²) in [6.45, 7) is 2.01. The van der Waals surface area contributed by atoms with E-state index in [2.05, 4.69) is 10.5 Å². The Morgan fingerprint density at radius 2 is 2.30 bits per heavy atom. The van der Waals surface area contributed by atoms with Crippen LogP contribution in [0.15, 0.2) is 17.9 Å². The van der Waals surface area contributed by atoms with Crippen molar-refractivity contribution < 1.29 is 9.53 Å². The maximum Gasteiger partial charge on any atom is 0.309 e. The van der Waals surface area contributed by atoms with Crippen molar-refractivity contribution in [3.8, 4) is 0 Å². The van der Waals surface area contributed by atoms with E-state index in [0.717, 1.165) is 6.42 Å². The minimum absolute atomic E-state index is 0.225. The number of esters is 1. The first-order valence-electron chi connectivity index (χ1n) is 3.27. The van der Waals surface area contributed by atoms with Crippen LogP contribution in [-0.4, -0.2) is 13.1 Å². The first-order valence-corrected chi connectivity index (χ1v) is 3.27. The Kier molecular flexibility index (Phi) is 5.50. The van der Waals surface area contributed by atoms with E-state index >= 15 is 0 Å². The molecule has 0 aromatic rings. The number of methoxy groups -OCH3 is 1. The third-order valence-corrected chi connectivity index (χ3v) is 0.936. The Balaban J connectivity index is 3.52. The molecule has 0 aliphatic carbocycles. The smallest absolute Gasteiger partial charge is 0.309 e. The maximum absolute atomic E-state index is 10.5. The van der Waals surface area contributed by atoms with E-state index in [0.29, 0.717) is 6.42 Å². The van der Waals surface area contributed by atoms with Gasteiger partial charge in [0.1, 0.15) is 0 Å². The van der Waals surface area contributed by atoms with Crippen molar-refractivity contribution in [3.63, 3.8) is 0 Å². The number of ether oxygens (including phenoxy) is 1. The van der Waals surface area contributed by atoms with Gasteiger partial charge in [0.2, 0.25) is 0 Å². The zero-order valence-electron chi connectivity index (χ0n) is 6.39. The van der Waals surface area contributed by atoms with E-state index in [1.807, 2.05) is 13.0 Å². The standard InChI is InChI=1S/C8H12O2/c1-3-4-5-6-7-8(9)10-2/h4,6H,3,7H2,1-2H3. The van der Waals surface area contributed by atoms with Gasteiger partial charge in [0.15, 0.2) is 0 Å². The molecule has 0 aromatic heterocycles. The Labute approximate surface area is 61.2 Å². The number of hydrogen-bond acceptors (Lipinski definition) is 2. The van der Waals surface area contributed by atoms with Gasteiger partial charge in [-0.05, 0) is 18.6 Å². The van der Waals surface area contributed by atoms with Crippen LogP contribution in [0.2, 0.25) is 0 Å². The van der Waals surface area contributed by atoms with E-state index < -0.39 is 0 Å². The Hall–Kier alpha value is -1.01. The molecule has 56 valence electrons. The number of rotatable bonds is 3. The van der Waals surface area contributed by atoms with Crippen LogP contribution >= 0.6 is 0 Å². The second kappa shape index (κ2) is 6.12. The summed E-state index contributed by atoms with van der Waals surface area (Å²) >= 11 is 0. The lowest BCUT2D eigenvalue weighted by Crippen LogP contribution is -1.96. The molecule has 0 rings (SSSR count). The average molecular weight is 140 g/mol. The number of carbonyl (C=O) groups excluding carboxylic acids is 1. The fourth-order valence-electron chi connectivity index (χ4n) is 0.427. The molecule has 0 heterocycles. The molecular weight excluding hydrogens is 128 g/mol. The molecule has 0 fully saturated rings. The predicted octanol–water partition coefficient (Wildman–Crippen LogP) is 1.67. The second-order valence-electron chi connectivity index (χ2n) is 1.76. The van der Waals surface area contributed by atoms with E-state index in [1.54, 1.807) is 6.08 Å². The first-order chi connectivity index (χ1) is 4.81. The first kappa shape index (κ1) is 8.99. The molecular formula is C8H12O2. The molecule has 0 radical (unpaired) electrons. The third-order valence-electron chi connectivity index (χ3n) is 0.936. The summed E-state index contributed by atoms with van der Waals surface area (Å²) in [5.41, 5.74) is 2.85. The van der Waals surface area contributed by atoms with E-state index in [1.165, 1.54) is 7.11 Å². The van der Waals surface area contributed by atoms with E-state index in [-0.39, 0.29) is 5.97 Å². The molecule has 0 aliphatic heterocycles. The van der Waals surface area contributed by atoms with E-state index in [4.69, 9.17) is 0 Å². The summed E-state index contributed by atoms with van der Waals surface area (Å²) < 4.78 is 4.41. The fourth-order valence-corrected chi connectivity index (χ4v) is 0.427. The van der Waals surface area contributed by atoms with Crippen LogP contribution in [0, 0.1) is 0 Å². The Bertz CT molecular complexity index is 153. The van der Waals surface area contributed by atoms with Crippen molar-refractivity contribution in [1.29, 1.82) is 0 Å². The van der Waals surface area contributed by atoms with Gasteiger partial charge in [-0.25, -0.2) is 0 Å². The van der Waals surface area contributed by atoms with Gasteiger partial charge in [-0.15, -0.1) is 5.73 Å². The molecule has 0 saturated heterocycles. The van der Waals surface area contributed by atoms with Gasteiger partial charge >= 0.3 is 5.97 Å². The van der Waals surface area contributed by atoms with Gasteiger partial charge in [-0.3, -0.25) is 4.79 Å². The van der Waals surface area contributed by atoms with Gasteiger partial charge in [-0.2, -0.15) is 0 Å². The van der Waals surface area contributed by atoms with Crippen LogP contribution in [0.5, 0.6) is 0 Å². The van der Waals surface area contributed by atoms with Crippen molar-refractivity contribution >= 4 is 5.97 Å². The van der Waals surface area contributed by atoms with Crippen LogP contribution in [0.1, 0.15) is 19.8 Å². The number of carbonyl (C=O) groups is 1. The summed E-state index contributed by atoms with van der Waals surface area (Å²) in [6, 6.07) is 0. The second-order valence-corrected chi connectivity index (χ2v) is 1.76. The molecule has 10 heavy (non-hydrogen) atoms. The van der Waals surface area contributed by atoms with Crippen LogP contribution in [-0.2, 0) is 9.53 Å². The fraction of sp³-hybridized carbons (Fsp3) is 0.500. The largest absolute Gasteiger partial charge is 0.469 e. The molecule has 2 nitrogen and oxygen atoms in total. The Morgan fingerprint density at radius 3 is 2.80 bits per heavy atom. The number of hydrogen-bond donors (Lipinski definition) is 0. The molecule has 0 aliphatic rings. The molecule has 0 N–H and O–H groups in total. The summed E-state index contributed by atoms with van der Waals surface area (Å²) in [7, 11) is 1.37. The average Bonchev–Trinajstić information content (AvgIpc) is 1.98. The summed E-state index contributed by atoms with van der Waals surface area (Å²) in [5.74, 6) is -0.225. The lowest BCUT2D eigenvalue weighted by atomic mass is 10.4. The van der Waals surface area contributed by atoms with Gasteiger partial charge < -0.3 is 4.74 Å². The van der Waals surface area contributed by atoms with Crippen molar-refractivity contribution in [2.24, 2.45) is 0 Å². The van der Waals surface area contributed by atoms with Crippen LogP contribution in [0.3, 0.4) is 0 Å². The zero-order valence-corrected chi connectivity index (χ0v) is 6.39. The van der Waals surface area contributed by atoms with E-state index in [9.17, 15) is 4.79 Å². The molecule has 0 aromatic carbocycles. The van der Waals surface area contributed by atoms with Crippen molar-refractivity contribution in [2.45, 2.75) is 19.8 Å². The minimum atomic E-state index is -0.225. The molecule has 0 amide bonds. The van der Waals surface area contributed by atoms with Crippen LogP contribution < -0.4 is 0 Å². The highest BCUT2D eigenvalue weighted by molar-refractivity contribution is 5.70. The predicted molar refractivity (Wildman–Crippen MR) is 39.6 cm³/mol. The quantitative estimate of drug-likeness (QED) is 0.440. The van der Waals surface area contributed by atoms with Crippen LogP contribution in [0.4, 0.5) is 0 Å². The highest BCUT2D eigenvalue weighted by Gasteiger charge is 1.91. The van der Waals surface area contributed by atoms with Crippen molar-refractivity contribution in [3.05, 3.63) is 17.9 Å². The lowest BCUT2D eigenvalue weighted by Gasteiger charge is -1.88. The zero-order chi connectivity index (χ0) is 7.82. The highest BCUT2D eigenvalue weighted by atomic mass is 16.5. The molecule has 0 unspecified atom stereocenters. The Morgan fingerprint density at radius 1 is 1.60 bits per heavy atom. The van der Waals surface area contributed by atoms with Gasteiger partial charge in [0.25, 0.3) is 0 Å². The minimum Gasteiger partial charge on any atom is -0.469 e. The molecule has 0 atom stereocenters. The monoisotopic (exact) mass is 140 g/mol. The van der Waals surface area contributed by atoms with Crippen LogP contribution in [0.25, 0.3) is 0 Å². The van der Waals surface area contributed by atoms with Gasteiger partial charge in [0.05, 0.1) is 13.5 Å². The highest BCUT2D eigenvalue weighted by Crippen LogP contribution is 1.84. The third kappa shape index (κ3) is 5.13. The normalized spacial score (nSPS) is 7.80. The summed E-state index contributed by atoms with van der Waals surface area (Å²) in [4.78, 5) is 10.5. The molecule has 0 spiro atoms. The maximum atomic E-state index is 10.5. The summed E-state index contributed by atoms with van der Waals surface area (Å²) in [5, 5.41) is 0. The van der Waals surface area contributed by atoms with Gasteiger partial charge in [-0.1, -0.05) is 6.92 Å². The van der Waals surface area contributed by atoms with Crippen molar-refractivity contribution in [2.75, 3.05) is 7.11 Å².